The molecular weight excluding hydrogens is 306 g/mol. The Labute approximate surface area is 140 Å². The summed E-state index contributed by atoms with van der Waals surface area (Å²) in [5.41, 5.74) is 2.38. The number of carbonyl (C=O) groups excluding carboxylic acids is 1. The SMILES string of the molecule is CC(C)(CNC(=O)c1nn(-c2ccccc2)c2c1CCC2)C(=O)O. The number of rotatable bonds is 5. The second-order valence-electron chi connectivity index (χ2n) is 6.75. The van der Waals surface area contributed by atoms with Crippen LogP contribution in [-0.4, -0.2) is 33.3 Å². The first kappa shape index (κ1) is 16.2. The van der Waals surface area contributed by atoms with Gasteiger partial charge in [0.2, 0.25) is 0 Å². The Morgan fingerprint density at radius 2 is 1.96 bits per heavy atom. The number of hydrogen-bond acceptors (Lipinski definition) is 3. The number of aromatic nitrogens is 2. The Morgan fingerprint density at radius 1 is 1.25 bits per heavy atom. The average molecular weight is 327 g/mol. The highest BCUT2D eigenvalue weighted by atomic mass is 16.4. The van der Waals surface area contributed by atoms with Crippen molar-refractivity contribution in [3.8, 4) is 5.69 Å². The molecule has 0 bridgehead atoms. The first-order valence-corrected chi connectivity index (χ1v) is 8.08. The third-order valence-corrected chi connectivity index (χ3v) is 4.42. The minimum Gasteiger partial charge on any atom is -0.481 e. The van der Waals surface area contributed by atoms with Crippen LogP contribution in [0.3, 0.4) is 0 Å². The number of carboxylic acids is 1. The van der Waals surface area contributed by atoms with Crippen LogP contribution in [0.25, 0.3) is 5.69 Å². The molecule has 6 nitrogen and oxygen atoms in total. The zero-order valence-corrected chi connectivity index (χ0v) is 13.9. The van der Waals surface area contributed by atoms with Gasteiger partial charge in [-0.2, -0.15) is 5.10 Å². The van der Waals surface area contributed by atoms with Gasteiger partial charge in [0, 0.05) is 17.8 Å². The van der Waals surface area contributed by atoms with Gasteiger partial charge in [-0.25, -0.2) is 4.68 Å². The van der Waals surface area contributed by atoms with Gasteiger partial charge < -0.3 is 10.4 Å². The fourth-order valence-electron chi connectivity index (χ4n) is 2.86. The monoisotopic (exact) mass is 327 g/mol. The van der Waals surface area contributed by atoms with Gasteiger partial charge >= 0.3 is 5.97 Å². The molecule has 0 saturated heterocycles. The third-order valence-electron chi connectivity index (χ3n) is 4.42. The topological polar surface area (TPSA) is 84.2 Å². The van der Waals surface area contributed by atoms with E-state index in [2.05, 4.69) is 10.4 Å². The van der Waals surface area contributed by atoms with E-state index in [1.54, 1.807) is 13.8 Å². The Hall–Kier alpha value is -2.63. The highest BCUT2D eigenvalue weighted by Crippen LogP contribution is 2.28. The largest absolute Gasteiger partial charge is 0.481 e. The predicted molar refractivity (Wildman–Crippen MR) is 89.3 cm³/mol. The maximum atomic E-state index is 12.5. The Morgan fingerprint density at radius 3 is 2.62 bits per heavy atom. The molecule has 24 heavy (non-hydrogen) atoms. The van der Waals surface area contributed by atoms with E-state index in [-0.39, 0.29) is 12.5 Å². The van der Waals surface area contributed by atoms with E-state index in [0.717, 1.165) is 36.2 Å². The Bertz CT molecular complexity index is 778. The van der Waals surface area contributed by atoms with Crippen molar-refractivity contribution in [1.82, 2.24) is 15.1 Å². The molecule has 0 fully saturated rings. The second kappa shape index (κ2) is 6.11. The molecule has 1 aromatic carbocycles. The number of hydrogen-bond donors (Lipinski definition) is 2. The third kappa shape index (κ3) is 2.91. The number of nitrogens with one attached hydrogen (secondary N) is 1. The van der Waals surface area contributed by atoms with Crippen LogP contribution in [-0.2, 0) is 17.6 Å². The maximum absolute atomic E-state index is 12.5. The van der Waals surface area contributed by atoms with Crippen molar-refractivity contribution in [2.24, 2.45) is 5.41 Å². The predicted octanol–water partition coefficient (Wildman–Crippen LogP) is 2.20. The normalized spacial score (nSPS) is 13.6. The average Bonchev–Trinajstić information content (AvgIpc) is 3.15. The molecule has 6 heteroatoms. The summed E-state index contributed by atoms with van der Waals surface area (Å²) in [5, 5.41) is 16.4. The summed E-state index contributed by atoms with van der Waals surface area (Å²) in [6.07, 6.45) is 2.72. The molecule has 0 atom stereocenters. The van der Waals surface area contributed by atoms with Gasteiger partial charge in [0.05, 0.1) is 11.1 Å². The van der Waals surface area contributed by atoms with Gasteiger partial charge in [-0.05, 0) is 45.2 Å². The zero-order valence-electron chi connectivity index (χ0n) is 13.9. The van der Waals surface area contributed by atoms with Crippen LogP contribution >= 0.6 is 0 Å². The molecule has 3 rings (SSSR count). The van der Waals surface area contributed by atoms with Gasteiger partial charge in [-0.3, -0.25) is 9.59 Å². The van der Waals surface area contributed by atoms with Crippen molar-refractivity contribution in [3.05, 3.63) is 47.3 Å². The first-order valence-electron chi connectivity index (χ1n) is 8.08. The van der Waals surface area contributed by atoms with Crippen LogP contribution in [0.2, 0.25) is 0 Å². The molecule has 0 aliphatic heterocycles. The standard InChI is InChI=1S/C18H21N3O3/c1-18(2,17(23)24)11-19-16(22)15-13-9-6-10-14(13)21(20-15)12-7-4-3-5-8-12/h3-5,7-8H,6,9-11H2,1-2H3,(H,19,22)(H,23,24). The van der Waals surface area contributed by atoms with Crippen molar-refractivity contribution in [2.45, 2.75) is 33.1 Å². The van der Waals surface area contributed by atoms with Gasteiger partial charge in [0.25, 0.3) is 5.91 Å². The molecule has 1 heterocycles. The molecular formula is C18H21N3O3. The number of benzene rings is 1. The highest BCUT2D eigenvalue weighted by Gasteiger charge is 2.30. The van der Waals surface area contributed by atoms with E-state index in [1.807, 2.05) is 35.0 Å². The summed E-state index contributed by atoms with van der Waals surface area (Å²) in [6.45, 7) is 3.24. The molecule has 1 amide bonds. The maximum Gasteiger partial charge on any atom is 0.310 e. The Balaban J connectivity index is 1.87. The molecule has 1 aliphatic carbocycles. The van der Waals surface area contributed by atoms with Crippen molar-refractivity contribution in [3.63, 3.8) is 0 Å². The minimum absolute atomic E-state index is 0.0636. The number of carboxylic acid groups (broad SMARTS) is 1. The van der Waals surface area contributed by atoms with Crippen molar-refractivity contribution < 1.29 is 14.7 Å². The fourth-order valence-corrected chi connectivity index (χ4v) is 2.86. The van der Waals surface area contributed by atoms with Crippen LogP contribution in [0.1, 0.15) is 42.0 Å². The van der Waals surface area contributed by atoms with Crippen molar-refractivity contribution in [2.75, 3.05) is 6.54 Å². The molecule has 1 aromatic heterocycles. The fraction of sp³-hybridized carbons (Fsp3) is 0.389. The quantitative estimate of drug-likeness (QED) is 0.882. The van der Waals surface area contributed by atoms with Crippen LogP contribution in [0.15, 0.2) is 30.3 Å². The smallest absolute Gasteiger partial charge is 0.310 e. The molecule has 2 N–H and O–H groups in total. The van der Waals surface area contributed by atoms with E-state index >= 15 is 0 Å². The first-order chi connectivity index (χ1) is 11.4. The lowest BCUT2D eigenvalue weighted by Gasteiger charge is -2.19. The molecule has 0 unspecified atom stereocenters. The molecule has 2 aromatic rings. The summed E-state index contributed by atoms with van der Waals surface area (Å²) >= 11 is 0. The lowest BCUT2D eigenvalue weighted by atomic mass is 9.94. The summed E-state index contributed by atoms with van der Waals surface area (Å²) in [4.78, 5) is 23.7. The van der Waals surface area contributed by atoms with Gasteiger partial charge in [0.1, 0.15) is 0 Å². The molecule has 0 spiro atoms. The van der Waals surface area contributed by atoms with Crippen LogP contribution in [0, 0.1) is 5.41 Å². The van der Waals surface area contributed by atoms with Crippen LogP contribution in [0.5, 0.6) is 0 Å². The van der Waals surface area contributed by atoms with E-state index in [1.165, 1.54) is 0 Å². The number of aliphatic carboxylic acids is 1. The molecule has 126 valence electrons. The van der Waals surface area contributed by atoms with E-state index in [4.69, 9.17) is 5.11 Å². The van der Waals surface area contributed by atoms with Crippen LogP contribution < -0.4 is 5.32 Å². The zero-order chi connectivity index (χ0) is 17.3. The molecule has 0 saturated carbocycles. The lowest BCUT2D eigenvalue weighted by molar-refractivity contribution is -0.146. The highest BCUT2D eigenvalue weighted by molar-refractivity contribution is 5.94. The number of nitrogens with zero attached hydrogens (tertiary/aromatic N) is 2. The second-order valence-corrected chi connectivity index (χ2v) is 6.75. The number of amides is 1. The van der Waals surface area contributed by atoms with Gasteiger partial charge in [-0.15, -0.1) is 0 Å². The van der Waals surface area contributed by atoms with Crippen molar-refractivity contribution >= 4 is 11.9 Å². The number of fused-ring (bicyclic) bond motifs is 1. The molecule has 1 aliphatic rings. The van der Waals surface area contributed by atoms with E-state index < -0.39 is 11.4 Å². The van der Waals surface area contributed by atoms with Gasteiger partial charge in [-0.1, -0.05) is 18.2 Å². The summed E-state index contributed by atoms with van der Waals surface area (Å²) < 4.78 is 1.83. The van der Waals surface area contributed by atoms with Gasteiger partial charge in [0.15, 0.2) is 5.69 Å². The summed E-state index contributed by atoms with van der Waals surface area (Å²) in [6, 6.07) is 9.73. The van der Waals surface area contributed by atoms with E-state index in [0.29, 0.717) is 5.69 Å². The Kier molecular flexibility index (Phi) is 4.13. The van der Waals surface area contributed by atoms with E-state index in [9.17, 15) is 9.59 Å². The van der Waals surface area contributed by atoms with Crippen LogP contribution in [0.4, 0.5) is 0 Å². The minimum atomic E-state index is -1.01. The summed E-state index contributed by atoms with van der Waals surface area (Å²) in [5.74, 6) is -1.25. The number of carbonyl (C=O) groups is 2. The summed E-state index contributed by atoms with van der Waals surface area (Å²) in [7, 11) is 0. The lowest BCUT2D eigenvalue weighted by Crippen LogP contribution is -2.39. The molecule has 0 radical (unpaired) electrons. The number of para-hydroxylation sites is 1. The van der Waals surface area contributed by atoms with Crippen molar-refractivity contribution in [1.29, 1.82) is 0 Å².